The lowest BCUT2D eigenvalue weighted by Gasteiger charge is -2.12. The van der Waals surface area contributed by atoms with E-state index >= 15 is 0 Å². The number of para-hydroxylation sites is 1. The van der Waals surface area contributed by atoms with Crippen LogP contribution in [0.25, 0.3) is 22.0 Å². The number of aromatic nitrogens is 3. The molecule has 5 heteroatoms. The minimum absolute atomic E-state index is 0.0619. The fourth-order valence-corrected chi connectivity index (χ4v) is 2.76. The van der Waals surface area contributed by atoms with Gasteiger partial charge in [0.15, 0.2) is 0 Å². The van der Waals surface area contributed by atoms with Crippen molar-refractivity contribution in [3.8, 4) is 22.8 Å². The lowest BCUT2D eigenvalue weighted by molar-refractivity contribution is 0.465. The summed E-state index contributed by atoms with van der Waals surface area (Å²) in [6.07, 6.45) is 5.27. The van der Waals surface area contributed by atoms with Crippen molar-refractivity contribution in [3.63, 3.8) is 0 Å². The van der Waals surface area contributed by atoms with Gasteiger partial charge in [-0.25, -0.2) is 4.98 Å². The number of rotatable bonds is 3. The highest BCUT2D eigenvalue weighted by Crippen LogP contribution is 2.34. The molecule has 0 aliphatic heterocycles. The maximum Gasteiger partial charge on any atom is 0.274 e. The van der Waals surface area contributed by atoms with Crippen LogP contribution in [-0.4, -0.2) is 14.5 Å². The van der Waals surface area contributed by atoms with Crippen molar-refractivity contribution in [1.82, 2.24) is 14.5 Å². The Morgan fingerprint density at radius 3 is 2.71 bits per heavy atom. The number of aryl methyl sites for hydroxylation is 1. The van der Waals surface area contributed by atoms with Gasteiger partial charge < -0.3 is 14.3 Å². The van der Waals surface area contributed by atoms with Crippen molar-refractivity contribution < 1.29 is 4.74 Å². The largest absolute Gasteiger partial charge is 0.438 e. The normalized spacial score (nSPS) is 10.9. The molecule has 0 saturated carbocycles. The van der Waals surface area contributed by atoms with E-state index in [2.05, 4.69) is 9.97 Å². The Kier molecular flexibility index (Phi) is 3.39. The first-order valence-electron chi connectivity index (χ1n) is 7.59. The topological polar surface area (TPSA) is 59.9 Å². The molecule has 0 unspecified atom stereocenters. The van der Waals surface area contributed by atoms with Crippen LogP contribution >= 0.6 is 0 Å². The van der Waals surface area contributed by atoms with Crippen LogP contribution in [0.2, 0.25) is 0 Å². The Morgan fingerprint density at radius 2 is 1.88 bits per heavy atom. The first kappa shape index (κ1) is 14.3. The zero-order valence-corrected chi connectivity index (χ0v) is 13.1. The highest BCUT2D eigenvalue weighted by Gasteiger charge is 2.15. The van der Waals surface area contributed by atoms with Crippen molar-refractivity contribution >= 4 is 10.9 Å². The van der Waals surface area contributed by atoms with Crippen molar-refractivity contribution in [2.45, 2.75) is 0 Å². The third kappa shape index (κ3) is 2.36. The van der Waals surface area contributed by atoms with Crippen LogP contribution in [0.4, 0.5) is 0 Å². The number of nitrogens with zero attached hydrogens (tertiary/aromatic N) is 2. The van der Waals surface area contributed by atoms with Gasteiger partial charge in [0.05, 0.1) is 0 Å². The Labute approximate surface area is 138 Å². The summed E-state index contributed by atoms with van der Waals surface area (Å²) >= 11 is 0. The van der Waals surface area contributed by atoms with E-state index in [4.69, 9.17) is 4.74 Å². The summed E-state index contributed by atoms with van der Waals surface area (Å²) in [6.45, 7) is 0. The number of pyridine rings is 2. The molecule has 4 rings (SSSR count). The smallest absolute Gasteiger partial charge is 0.274 e. The molecule has 0 aliphatic rings. The fourth-order valence-electron chi connectivity index (χ4n) is 2.76. The van der Waals surface area contributed by atoms with Crippen LogP contribution < -0.4 is 10.3 Å². The first-order chi connectivity index (χ1) is 11.7. The van der Waals surface area contributed by atoms with Gasteiger partial charge in [-0.1, -0.05) is 18.2 Å². The summed E-state index contributed by atoms with van der Waals surface area (Å²) in [7, 11) is 1.74. The number of fused-ring (bicyclic) bond motifs is 1. The van der Waals surface area contributed by atoms with Gasteiger partial charge in [-0.05, 0) is 30.3 Å². The van der Waals surface area contributed by atoms with E-state index in [-0.39, 0.29) is 5.56 Å². The lowest BCUT2D eigenvalue weighted by atomic mass is 10.1. The highest BCUT2D eigenvalue weighted by atomic mass is 16.5. The Morgan fingerprint density at radius 1 is 1.04 bits per heavy atom. The van der Waals surface area contributed by atoms with Crippen LogP contribution in [0.5, 0.6) is 11.6 Å². The van der Waals surface area contributed by atoms with Crippen LogP contribution in [0, 0.1) is 0 Å². The molecule has 3 heterocycles. The van der Waals surface area contributed by atoms with E-state index < -0.39 is 0 Å². The van der Waals surface area contributed by atoms with Crippen LogP contribution in [-0.2, 0) is 7.05 Å². The predicted octanol–water partition coefficient (Wildman–Crippen LogP) is 3.72. The second-order valence-corrected chi connectivity index (χ2v) is 5.50. The molecule has 0 amide bonds. The molecule has 5 nitrogen and oxygen atoms in total. The van der Waals surface area contributed by atoms with E-state index in [1.54, 1.807) is 24.0 Å². The zero-order chi connectivity index (χ0) is 16.5. The van der Waals surface area contributed by atoms with Crippen molar-refractivity contribution in [2.24, 2.45) is 7.05 Å². The number of nitrogens with one attached hydrogen (secondary N) is 1. The molecular formula is C19H15N3O2. The van der Waals surface area contributed by atoms with E-state index in [9.17, 15) is 4.79 Å². The Bertz CT molecular complexity index is 1060. The zero-order valence-electron chi connectivity index (χ0n) is 13.1. The Hall–Kier alpha value is -3.34. The van der Waals surface area contributed by atoms with Gasteiger partial charge in [-0.2, -0.15) is 0 Å². The van der Waals surface area contributed by atoms with Crippen LogP contribution in [0.15, 0.2) is 71.9 Å². The van der Waals surface area contributed by atoms with Crippen molar-refractivity contribution in [3.05, 3.63) is 77.5 Å². The average Bonchev–Trinajstić information content (AvgIpc) is 3.10. The second kappa shape index (κ2) is 5.70. The predicted molar refractivity (Wildman–Crippen MR) is 93.3 cm³/mol. The number of aromatic amines is 1. The maximum atomic E-state index is 12.2. The summed E-state index contributed by atoms with van der Waals surface area (Å²) < 4.78 is 7.51. The lowest BCUT2D eigenvalue weighted by Crippen LogP contribution is -2.16. The third-order valence-electron chi connectivity index (χ3n) is 3.91. The molecule has 24 heavy (non-hydrogen) atoms. The molecule has 3 aromatic heterocycles. The number of hydrogen-bond acceptors (Lipinski definition) is 3. The molecule has 0 saturated heterocycles. The highest BCUT2D eigenvalue weighted by molar-refractivity contribution is 5.95. The summed E-state index contributed by atoms with van der Waals surface area (Å²) in [5.74, 6) is 1.22. The van der Waals surface area contributed by atoms with Crippen molar-refractivity contribution in [1.29, 1.82) is 0 Å². The molecule has 0 bridgehead atoms. The fraction of sp³-hybridized carbons (Fsp3) is 0.0526. The summed E-state index contributed by atoms with van der Waals surface area (Å²) in [6, 6.07) is 15.2. The van der Waals surface area contributed by atoms with E-state index in [0.717, 1.165) is 16.5 Å². The third-order valence-corrected chi connectivity index (χ3v) is 3.91. The monoisotopic (exact) mass is 317 g/mol. The second-order valence-electron chi connectivity index (χ2n) is 5.50. The average molecular weight is 317 g/mol. The summed E-state index contributed by atoms with van der Waals surface area (Å²) in [5, 5.41) is 0.851. The van der Waals surface area contributed by atoms with Crippen molar-refractivity contribution in [2.75, 3.05) is 0 Å². The molecule has 4 aromatic rings. The van der Waals surface area contributed by atoms with Crippen LogP contribution in [0.1, 0.15) is 0 Å². The molecule has 0 spiro atoms. The minimum Gasteiger partial charge on any atom is -0.438 e. The standard InChI is InChI=1S/C19H15N3O2/c1-22-12-16(14-9-11-20-17(14)19(22)23)15-8-5-10-21-18(15)24-13-6-3-2-4-7-13/h2-12,20H,1H3. The number of ether oxygens (including phenoxy) is 1. The molecule has 1 aromatic carbocycles. The SMILES string of the molecule is Cn1cc(-c2cccnc2Oc2ccccc2)c2cc[nH]c2c1=O. The maximum absolute atomic E-state index is 12.2. The van der Waals surface area contributed by atoms with Gasteiger partial charge in [0.2, 0.25) is 5.88 Å². The molecule has 0 atom stereocenters. The molecule has 118 valence electrons. The minimum atomic E-state index is -0.0619. The molecular weight excluding hydrogens is 302 g/mol. The van der Waals surface area contributed by atoms with E-state index in [1.807, 2.05) is 54.7 Å². The number of hydrogen-bond donors (Lipinski definition) is 1. The van der Waals surface area contributed by atoms with Gasteiger partial charge in [0.1, 0.15) is 11.3 Å². The number of benzene rings is 1. The Balaban J connectivity index is 1.91. The molecule has 0 fully saturated rings. The summed E-state index contributed by atoms with van der Waals surface area (Å²) in [5.41, 5.74) is 2.24. The van der Waals surface area contributed by atoms with Gasteiger partial charge in [-0.15, -0.1) is 0 Å². The van der Waals surface area contributed by atoms with Gasteiger partial charge in [-0.3, -0.25) is 4.79 Å². The van der Waals surface area contributed by atoms with E-state index in [1.165, 1.54) is 0 Å². The van der Waals surface area contributed by atoms with Gasteiger partial charge in [0.25, 0.3) is 5.56 Å². The number of H-pyrrole nitrogens is 1. The molecule has 0 aliphatic carbocycles. The van der Waals surface area contributed by atoms with E-state index in [0.29, 0.717) is 17.1 Å². The van der Waals surface area contributed by atoms with Gasteiger partial charge in [0, 0.05) is 42.2 Å². The van der Waals surface area contributed by atoms with Crippen LogP contribution in [0.3, 0.4) is 0 Å². The quantitative estimate of drug-likeness (QED) is 0.626. The first-order valence-corrected chi connectivity index (χ1v) is 7.59. The molecule has 0 radical (unpaired) electrons. The summed E-state index contributed by atoms with van der Waals surface area (Å²) in [4.78, 5) is 19.6. The van der Waals surface area contributed by atoms with Gasteiger partial charge >= 0.3 is 0 Å². The molecule has 1 N–H and O–H groups in total.